The van der Waals surface area contributed by atoms with Gasteiger partial charge in [0.15, 0.2) is 14.1 Å². The molecule has 1 saturated heterocycles. The Kier molecular flexibility index (Phi) is 7.79. The second-order valence-corrected chi connectivity index (χ2v) is 15.4. The zero-order valence-electron chi connectivity index (χ0n) is 19.5. The second-order valence-electron chi connectivity index (χ2n) is 10.6. The van der Waals surface area contributed by atoms with Crippen LogP contribution in [0.5, 0.6) is 0 Å². The lowest BCUT2D eigenvalue weighted by Crippen LogP contribution is -2.55. The Hall–Kier alpha value is -0.673. The summed E-state index contributed by atoms with van der Waals surface area (Å²) in [7, 11) is -2.05. The zero-order chi connectivity index (χ0) is 22.1. The van der Waals surface area contributed by atoms with E-state index in [2.05, 4.69) is 39.2 Å². The maximum Gasteiger partial charge on any atom is 0.408 e. The minimum atomic E-state index is -2.05. The average Bonchev–Trinajstić information content (AvgIpc) is 2.76. The molecule has 0 aromatic carbocycles. The SMILES string of the molecule is C[C@@H](O)[C@H]1OC(C)(C)O[C@@H]1[C@@H](CO[Si](C)(C)C(C)(C)C)NC(=O)OC(C)(C)C. The van der Waals surface area contributed by atoms with Gasteiger partial charge in [0.2, 0.25) is 0 Å². The number of aliphatic hydroxyl groups excluding tert-OH is 1. The van der Waals surface area contributed by atoms with E-state index in [4.69, 9.17) is 18.6 Å². The molecule has 1 fully saturated rings. The van der Waals surface area contributed by atoms with Crippen molar-refractivity contribution in [3.8, 4) is 0 Å². The van der Waals surface area contributed by atoms with Gasteiger partial charge in [-0.2, -0.15) is 0 Å². The summed E-state index contributed by atoms with van der Waals surface area (Å²) in [5.41, 5.74) is -0.620. The number of alkyl carbamates (subject to hydrolysis) is 1. The first-order valence-corrected chi connectivity index (χ1v) is 12.9. The summed E-state index contributed by atoms with van der Waals surface area (Å²) < 4.78 is 23.7. The van der Waals surface area contributed by atoms with Crippen LogP contribution >= 0.6 is 0 Å². The summed E-state index contributed by atoms with van der Waals surface area (Å²) in [5, 5.41) is 13.1. The Morgan fingerprint density at radius 2 is 1.64 bits per heavy atom. The van der Waals surface area contributed by atoms with Crippen molar-refractivity contribution in [1.29, 1.82) is 0 Å². The van der Waals surface area contributed by atoms with E-state index in [9.17, 15) is 9.90 Å². The van der Waals surface area contributed by atoms with Crippen LogP contribution in [-0.2, 0) is 18.6 Å². The van der Waals surface area contributed by atoms with Gasteiger partial charge in [0, 0.05) is 0 Å². The third-order valence-electron chi connectivity index (χ3n) is 5.17. The van der Waals surface area contributed by atoms with Crippen molar-refractivity contribution in [2.75, 3.05) is 6.61 Å². The molecule has 1 heterocycles. The molecule has 0 unspecified atom stereocenters. The predicted octanol–water partition coefficient (Wildman–Crippen LogP) is 3.80. The van der Waals surface area contributed by atoms with Crippen molar-refractivity contribution in [3.05, 3.63) is 0 Å². The van der Waals surface area contributed by atoms with Gasteiger partial charge in [0.25, 0.3) is 0 Å². The van der Waals surface area contributed by atoms with Crippen molar-refractivity contribution in [2.45, 2.75) is 116 Å². The molecule has 166 valence electrons. The van der Waals surface area contributed by atoms with Crippen LogP contribution in [0.3, 0.4) is 0 Å². The van der Waals surface area contributed by atoms with Gasteiger partial charge in [0.1, 0.15) is 17.8 Å². The fraction of sp³-hybridized carbons (Fsp3) is 0.950. The second kappa shape index (κ2) is 8.59. The third-order valence-corrected chi connectivity index (χ3v) is 9.67. The third kappa shape index (κ3) is 7.30. The van der Waals surface area contributed by atoms with Crippen LogP contribution in [0.2, 0.25) is 18.1 Å². The first-order valence-electron chi connectivity index (χ1n) is 10.0. The van der Waals surface area contributed by atoms with Gasteiger partial charge < -0.3 is 29.1 Å². The molecule has 1 rings (SSSR count). The lowest BCUT2D eigenvalue weighted by molar-refractivity contribution is -0.156. The van der Waals surface area contributed by atoms with E-state index >= 15 is 0 Å². The maximum absolute atomic E-state index is 12.4. The Balaban J connectivity index is 3.05. The van der Waals surface area contributed by atoms with Crippen molar-refractivity contribution in [3.63, 3.8) is 0 Å². The van der Waals surface area contributed by atoms with Crippen LogP contribution < -0.4 is 5.32 Å². The number of carbonyl (C=O) groups excluding carboxylic acids is 1. The first kappa shape index (κ1) is 25.4. The summed E-state index contributed by atoms with van der Waals surface area (Å²) in [5.74, 6) is -0.864. The number of rotatable bonds is 6. The number of aliphatic hydroxyl groups is 1. The molecule has 0 saturated carbocycles. The molecule has 4 atom stereocenters. The minimum Gasteiger partial charge on any atom is -0.444 e. The van der Waals surface area contributed by atoms with E-state index in [1.807, 2.05) is 20.8 Å². The van der Waals surface area contributed by atoms with Crippen LogP contribution in [0.25, 0.3) is 0 Å². The van der Waals surface area contributed by atoms with Crippen LogP contribution in [0, 0.1) is 0 Å². The molecular formula is C20H41NO6Si. The molecule has 0 aliphatic carbocycles. The zero-order valence-corrected chi connectivity index (χ0v) is 20.5. The Morgan fingerprint density at radius 3 is 2.07 bits per heavy atom. The van der Waals surface area contributed by atoms with Crippen molar-refractivity contribution >= 4 is 14.4 Å². The Labute approximate surface area is 171 Å². The molecular weight excluding hydrogens is 378 g/mol. The molecule has 7 nitrogen and oxygen atoms in total. The molecule has 2 N–H and O–H groups in total. The molecule has 0 radical (unpaired) electrons. The number of carbonyl (C=O) groups is 1. The maximum atomic E-state index is 12.4. The van der Waals surface area contributed by atoms with Gasteiger partial charge in [-0.25, -0.2) is 4.79 Å². The number of hydrogen-bond donors (Lipinski definition) is 2. The van der Waals surface area contributed by atoms with E-state index in [-0.39, 0.29) is 11.6 Å². The van der Waals surface area contributed by atoms with E-state index in [0.29, 0.717) is 0 Å². The quantitative estimate of drug-likeness (QED) is 0.637. The van der Waals surface area contributed by atoms with Gasteiger partial charge in [-0.3, -0.25) is 0 Å². The van der Waals surface area contributed by atoms with Gasteiger partial charge in [-0.1, -0.05) is 20.8 Å². The summed E-state index contributed by atoms with van der Waals surface area (Å²) in [6, 6.07) is -0.523. The Morgan fingerprint density at radius 1 is 1.14 bits per heavy atom. The number of hydrogen-bond acceptors (Lipinski definition) is 6. The number of amides is 1. The first-order chi connectivity index (χ1) is 12.3. The molecule has 0 aromatic rings. The normalized spacial score (nSPS) is 25.3. The van der Waals surface area contributed by atoms with E-state index < -0.39 is 50.2 Å². The van der Waals surface area contributed by atoms with Gasteiger partial charge in [-0.05, 0) is 59.7 Å². The topological polar surface area (TPSA) is 86.3 Å². The molecule has 1 amide bonds. The van der Waals surface area contributed by atoms with Gasteiger partial charge in [-0.15, -0.1) is 0 Å². The molecule has 1 aliphatic heterocycles. The van der Waals surface area contributed by atoms with Crippen molar-refractivity contribution in [1.82, 2.24) is 5.32 Å². The van der Waals surface area contributed by atoms with Crippen molar-refractivity contribution < 1.29 is 28.5 Å². The highest BCUT2D eigenvalue weighted by atomic mass is 28.4. The lowest BCUT2D eigenvalue weighted by atomic mass is 10.0. The summed E-state index contributed by atoms with van der Waals surface area (Å²) in [6.45, 7) is 21.7. The van der Waals surface area contributed by atoms with Crippen LogP contribution in [0.1, 0.15) is 62.3 Å². The van der Waals surface area contributed by atoms with E-state index in [1.165, 1.54) is 0 Å². The highest BCUT2D eigenvalue weighted by Gasteiger charge is 2.49. The summed E-state index contributed by atoms with van der Waals surface area (Å²) in [4.78, 5) is 12.4. The fourth-order valence-electron chi connectivity index (χ4n) is 2.69. The number of ether oxygens (including phenoxy) is 3. The summed E-state index contributed by atoms with van der Waals surface area (Å²) in [6.07, 6.45) is -2.46. The van der Waals surface area contributed by atoms with E-state index in [1.54, 1.807) is 20.8 Å². The standard InChI is InChI=1S/C20H41NO6Si/c1-13(22)15-16(26-20(8,9)25-15)14(21-17(23)27-18(2,3)4)12-24-28(10,11)19(5,6)7/h13-16,22H,12H2,1-11H3,(H,21,23)/t13-,14-,15-,16-/m1/s1. The highest BCUT2D eigenvalue weighted by molar-refractivity contribution is 6.74. The largest absolute Gasteiger partial charge is 0.444 e. The fourth-order valence-corrected chi connectivity index (χ4v) is 3.72. The van der Waals surface area contributed by atoms with Gasteiger partial charge >= 0.3 is 6.09 Å². The molecule has 0 spiro atoms. The molecule has 28 heavy (non-hydrogen) atoms. The lowest BCUT2D eigenvalue weighted by Gasteiger charge is -2.38. The molecule has 0 bridgehead atoms. The van der Waals surface area contributed by atoms with E-state index in [0.717, 1.165) is 0 Å². The van der Waals surface area contributed by atoms with Crippen molar-refractivity contribution in [2.24, 2.45) is 0 Å². The number of nitrogens with one attached hydrogen (secondary N) is 1. The van der Waals surface area contributed by atoms with Crippen LogP contribution in [0.15, 0.2) is 0 Å². The minimum absolute atomic E-state index is 0.0272. The van der Waals surface area contributed by atoms with Gasteiger partial charge in [0.05, 0.1) is 18.8 Å². The molecule has 1 aliphatic rings. The highest BCUT2D eigenvalue weighted by Crippen LogP contribution is 2.37. The summed E-state index contributed by atoms with van der Waals surface area (Å²) >= 11 is 0. The molecule has 0 aromatic heterocycles. The monoisotopic (exact) mass is 419 g/mol. The average molecular weight is 420 g/mol. The van der Waals surface area contributed by atoms with Crippen LogP contribution in [0.4, 0.5) is 4.79 Å². The predicted molar refractivity (Wildman–Crippen MR) is 112 cm³/mol. The Bertz CT molecular complexity index is 536. The molecule has 8 heteroatoms. The van der Waals surface area contributed by atoms with Crippen LogP contribution in [-0.4, -0.2) is 61.9 Å². The smallest absolute Gasteiger partial charge is 0.408 e.